The van der Waals surface area contributed by atoms with Gasteiger partial charge in [0.2, 0.25) is 0 Å². The van der Waals surface area contributed by atoms with Crippen molar-refractivity contribution in [2.24, 2.45) is 5.92 Å². The Labute approximate surface area is 97.6 Å². The summed E-state index contributed by atoms with van der Waals surface area (Å²) in [5, 5.41) is 7.52. The maximum atomic E-state index is 5.15. The van der Waals surface area contributed by atoms with Gasteiger partial charge in [-0.25, -0.2) is 0 Å². The molecule has 0 saturated heterocycles. The summed E-state index contributed by atoms with van der Waals surface area (Å²) in [6.07, 6.45) is 6.72. The van der Waals surface area contributed by atoms with Crippen molar-refractivity contribution in [3.8, 4) is 0 Å². The van der Waals surface area contributed by atoms with Gasteiger partial charge in [-0.1, -0.05) is 18.0 Å². The number of nitrogens with one attached hydrogen (secondary N) is 1. The van der Waals surface area contributed by atoms with Crippen LogP contribution in [0.25, 0.3) is 0 Å². The van der Waals surface area contributed by atoms with E-state index in [4.69, 9.17) is 4.52 Å². The van der Waals surface area contributed by atoms with E-state index >= 15 is 0 Å². The second kappa shape index (κ2) is 5.48. The van der Waals surface area contributed by atoms with Crippen LogP contribution in [0.4, 0.5) is 0 Å². The molecule has 1 aromatic heterocycles. The lowest BCUT2D eigenvalue weighted by Gasteiger charge is -2.10. The van der Waals surface area contributed by atoms with Crippen molar-refractivity contribution in [2.45, 2.75) is 46.0 Å². The minimum atomic E-state index is 0.921. The molecule has 1 N–H and O–H groups in total. The van der Waals surface area contributed by atoms with Crippen molar-refractivity contribution in [3.63, 3.8) is 0 Å². The standard InChI is InChI=1S/C13H22N2O/c1-10-13(11(2)16-15-10)7-8-14-9-12-5-3-4-6-12/h12,14H,3-9H2,1-2H3. The van der Waals surface area contributed by atoms with Crippen LogP contribution >= 0.6 is 0 Å². The highest BCUT2D eigenvalue weighted by Crippen LogP contribution is 2.23. The van der Waals surface area contributed by atoms with Gasteiger partial charge in [-0.2, -0.15) is 0 Å². The maximum Gasteiger partial charge on any atom is 0.137 e. The fourth-order valence-corrected chi connectivity index (χ4v) is 2.59. The van der Waals surface area contributed by atoms with Crippen LogP contribution in [-0.2, 0) is 6.42 Å². The molecule has 3 heteroatoms. The van der Waals surface area contributed by atoms with Crippen LogP contribution in [0.3, 0.4) is 0 Å². The quantitative estimate of drug-likeness (QED) is 0.778. The number of aryl methyl sites for hydroxylation is 2. The minimum absolute atomic E-state index is 0.921. The van der Waals surface area contributed by atoms with E-state index in [1.54, 1.807) is 0 Å². The second-order valence-electron chi connectivity index (χ2n) is 4.91. The van der Waals surface area contributed by atoms with E-state index < -0.39 is 0 Å². The van der Waals surface area contributed by atoms with Crippen LogP contribution in [0, 0.1) is 19.8 Å². The van der Waals surface area contributed by atoms with Crippen molar-refractivity contribution in [2.75, 3.05) is 13.1 Å². The number of nitrogens with zero attached hydrogens (tertiary/aromatic N) is 1. The molecule has 1 heterocycles. The lowest BCUT2D eigenvalue weighted by Crippen LogP contribution is -2.23. The Kier molecular flexibility index (Phi) is 3.99. The minimum Gasteiger partial charge on any atom is -0.361 e. The van der Waals surface area contributed by atoms with E-state index in [9.17, 15) is 0 Å². The highest BCUT2D eigenvalue weighted by Gasteiger charge is 2.14. The highest BCUT2D eigenvalue weighted by molar-refractivity contribution is 5.20. The van der Waals surface area contributed by atoms with Crippen LogP contribution in [0.15, 0.2) is 4.52 Å². The van der Waals surface area contributed by atoms with E-state index in [2.05, 4.69) is 10.5 Å². The Morgan fingerprint density at radius 2 is 2.06 bits per heavy atom. The first-order valence-electron chi connectivity index (χ1n) is 6.40. The molecule has 3 nitrogen and oxygen atoms in total. The van der Waals surface area contributed by atoms with E-state index in [1.807, 2.05) is 13.8 Å². The molecular weight excluding hydrogens is 200 g/mol. The lowest BCUT2D eigenvalue weighted by molar-refractivity contribution is 0.392. The molecular formula is C13H22N2O. The SMILES string of the molecule is Cc1noc(C)c1CCNCC1CCCC1. The van der Waals surface area contributed by atoms with Gasteiger partial charge in [0, 0.05) is 5.56 Å². The van der Waals surface area contributed by atoms with Gasteiger partial charge in [-0.05, 0) is 52.1 Å². The predicted molar refractivity (Wildman–Crippen MR) is 64.5 cm³/mol. The summed E-state index contributed by atoms with van der Waals surface area (Å²) in [5.74, 6) is 1.89. The van der Waals surface area contributed by atoms with Crippen LogP contribution < -0.4 is 5.32 Å². The van der Waals surface area contributed by atoms with Crippen molar-refractivity contribution in [1.82, 2.24) is 10.5 Å². The van der Waals surface area contributed by atoms with E-state index in [1.165, 1.54) is 37.8 Å². The first-order valence-corrected chi connectivity index (χ1v) is 6.40. The van der Waals surface area contributed by atoms with Gasteiger partial charge in [0.15, 0.2) is 0 Å². The molecule has 0 aromatic carbocycles. The molecule has 90 valence electrons. The van der Waals surface area contributed by atoms with Gasteiger partial charge in [0.1, 0.15) is 5.76 Å². The van der Waals surface area contributed by atoms with Gasteiger partial charge in [-0.15, -0.1) is 0 Å². The Bertz CT molecular complexity index is 307. The molecule has 0 bridgehead atoms. The Morgan fingerprint density at radius 3 is 2.69 bits per heavy atom. The lowest BCUT2D eigenvalue weighted by atomic mass is 10.1. The first-order chi connectivity index (χ1) is 7.77. The van der Waals surface area contributed by atoms with Crippen LogP contribution in [0.2, 0.25) is 0 Å². The third kappa shape index (κ3) is 2.85. The molecule has 0 atom stereocenters. The average molecular weight is 222 g/mol. The first kappa shape index (κ1) is 11.6. The summed E-state index contributed by atoms with van der Waals surface area (Å²) in [6.45, 7) is 6.23. The molecule has 0 spiro atoms. The summed E-state index contributed by atoms with van der Waals surface area (Å²) in [6, 6.07) is 0. The monoisotopic (exact) mass is 222 g/mol. The van der Waals surface area contributed by atoms with Gasteiger partial charge in [0.05, 0.1) is 5.69 Å². The number of hydrogen-bond acceptors (Lipinski definition) is 3. The fourth-order valence-electron chi connectivity index (χ4n) is 2.59. The van der Waals surface area contributed by atoms with Crippen molar-refractivity contribution >= 4 is 0 Å². The third-order valence-electron chi connectivity index (χ3n) is 3.64. The molecule has 1 aliphatic rings. The molecule has 0 unspecified atom stereocenters. The topological polar surface area (TPSA) is 38.1 Å². The van der Waals surface area contributed by atoms with Crippen molar-refractivity contribution in [1.29, 1.82) is 0 Å². The van der Waals surface area contributed by atoms with Crippen LogP contribution in [0.5, 0.6) is 0 Å². The average Bonchev–Trinajstić information content (AvgIpc) is 2.87. The Morgan fingerprint density at radius 1 is 1.31 bits per heavy atom. The zero-order valence-electron chi connectivity index (χ0n) is 10.4. The molecule has 1 saturated carbocycles. The molecule has 16 heavy (non-hydrogen) atoms. The zero-order chi connectivity index (χ0) is 11.4. The molecule has 1 aromatic rings. The largest absolute Gasteiger partial charge is 0.361 e. The zero-order valence-corrected chi connectivity index (χ0v) is 10.4. The molecule has 2 rings (SSSR count). The summed E-state index contributed by atoms with van der Waals surface area (Å²) >= 11 is 0. The Balaban J connectivity index is 1.67. The number of aromatic nitrogens is 1. The van der Waals surface area contributed by atoms with Gasteiger partial charge < -0.3 is 9.84 Å². The van der Waals surface area contributed by atoms with Gasteiger partial charge in [0.25, 0.3) is 0 Å². The molecule has 0 amide bonds. The molecule has 0 radical (unpaired) electrons. The maximum absolute atomic E-state index is 5.15. The highest BCUT2D eigenvalue weighted by atomic mass is 16.5. The summed E-state index contributed by atoms with van der Waals surface area (Å²) in [4.78, 5) is 0. The molecule has 1 fully saturated rings. The predicted octanol–water partition coefficient (Wildman–Crippen LogP) is 2.61. The van der Waals surface area contributed by atoms with Crippen LogP contribution in [-0.4, -0.2) is 18.2 Å². The van der Waals surface area contributed by atoms with E-state index in [-0.39, 0.29) is 0 Å². The van der Waals surface area contributed by atoms with Crippen LogP contribution in [0.1, 0.15) is 42.7 Å². The number of hydrogen-bond donors (Lipinski definition) is 1. The van der Waals surface area contributed by atoms with Gasteiger partial charge >= 0.3 is 0 Å². The van der Waals surface area contributed by atoms with E-state index in [0.29, 0.717) is 0 Å². The second-order valence-corrected chi connectivity index (χ2v) is 4.91. The van der Waals surface area contributed by atoms with Crippen molar-refractivity contribution < 1.29 is 4.52 Å². The fraction of sp³-hybridized carbons (Fsp3) is 0.769. The third-order valence-corrected chi connectivity index (χ3v) is 3.64. The summed E-state index contributed by atoms with van der Waals surface area (Å²) in [5.41, 5.74) is 2.32. The summed E-state index contributed by atoms with van der Waals surface area (Å²) in [7, 11) is 0. The Hall–Kier alpha value is -0.830. The smallest absolute Gasteiger partial charge is 0.137 e. The van der Waals surface area contributed by atoms with E-state index in [0.717, 1.165) is 30.3 Å². The molecule has 1 aliphatic carbocycles. The normalized spacial score (nSPS) is 17.1. The summed E-state index contributed by atoms with van der Waals surface area (Å²) < 4.78 is 5.15. The molecule has 0 aliphatic heterocycles. The van der Waals surface area contributed by atoms with Crippen molar-refractivity contribution in [3.05, 3.63) is 17.0 Å². The van der Waals surface area contributed by atoms with Gasteiger partial charge in [-0.3, -0.25) is 0 Å². The number of rotatable bonds is 5.